The molecule has 1 heterocycles. The van der Waals surface area contributed by atoms with Gasteiger partial charge in [-0.25, -0.2) is 0 Å². The Kier molecular flexibility index (Phi) is 4.34. The fraction of sp³-hybridized carbons (Fsp3) is 0.643. The van der Waals surface area contributed by atoms with Crippen molar-refractivity contribution >= 4 is 0 Å². The van der Waals surface area contributed by atoms with Crippen molar-refractivity contribution in [3.63, 3.8) is 0 Å². The van der Waals surface area contributed by atoms with E-state index in [2.05, 4.69) is 23.3 Å². The minimum Gasteiger partial charge on any atom is -0.314 e. The SMILES string of the molecule is CCCNC(CCc1cccnc1)C1CC1. The third-order valence-electron chi connectivity index (χ3n) is 3.31. The molecule has 0 saturated heterocycles. The summed E-state index contributed by atoms with van der Waals surface area (Å²) in [5.41, 5.74) is 1.37. The highest BCUT2D eigenvalue weighted by Crippen LogP contribution is 2.34. The lowest BCUT2D eigenvalue weighted by atomic mass is 10.0. The minimum absolute atomic E-state index is 0.736. The topological polar surface area (TPSA) is 24.9 Å². The van der Waals surface area contributed by atoms with Crippen molar-refractivity contribution in [1.82, 2.24) is 10.3 Å². The van der Waals surface area contributed by atoms with Gasteiger partial charge in [0.05, 0.1) is 0 Å². The Labute approximate surface area is 98.5 Å². The van der Waals surface area contributed by atoms with Gasteiger partial charge in [-0.2, -0.15) is 0 Å². The number of aryl methyl sites for hydroxylation is 1. The molecule has 2 rings (SSSR count). The van der Waals surface area contributed by atoms with Gasteiger partial charge in [0, 0.05) is 18.4 Å². The van der Waals surface area contributed by atoms with E-state index in [-0.39, 0.29) is 0 Å². The van der Waals surface area contributed by atoms with Gasteiger partial charge in [-0.1, -0.05) is 13.0 Å². The zero-order valence-corrected chi connectivity index (χ0v) is 10.2. The molecule has 1 aromatic rings. The van der Waals surface area contributed by atoms with E-state index >= 15 is 0 Å². The van der Waals surface area contributed by atoms with Crippen molar-refractivity contribution in [1.29, 1.82) is 0 Å². The second kappa shape index (κ2) is 6.00. The van der Waals surface area contributed by atoms with Crippen LogP contribution in [0.15, 0.2) is 24.5 Å². The fourth-order valence-corrected chi connectivity index (χ4v) is 2.20. The van der Waals surface area contributed by atoms with Crippen LogP contribution in [0.5, 0.6) is 0 Å². The number of aromatic nitrogens is 1. The van der Waals surface area contributed by atoms with Crippen LogP contribution in [0.2, 0.25) is 0 Å². The van der Waals surface area contributed by atoms with Crippen molar-refractivity contribution in [2.45, 2.75) is 45.1 Å². The average molecular weight is 218 g/mol. The molecule has 0 bridgehead atoms. The maximum atomic E-state index is 4.16. The highest BCUT2D eigenvalue weighted by Gasteiger charge is 2.30. The van der Waals surface area contributed by atoms with Gasteiger partial charge in [-0.3, -0.25) is 4.98 Å². The molecule has 0 amide bonds. The van der Waals surface area contributed by atoms with Crippen LogP contribution in [0.4, 0.5) is 0 Å². The van der Waals surface area contributed by atoms with Gasteiger partial charge in [0.1, 0.15) is 0 Å². The molecule has 88 valence electrons. The molecule has 0 aliphatic heterocycles. The van der Waals surface area contributed by atoms with Crippen LogP contribution in [0, 0.1) is 5.92 Å². The Morgan fingerprint density at radius 3 is 3.00 bits per heavy atom. The standard InChI is InChI=1S/C14H22N2/c1-2-9-16-14(13-6-7-13)8-5-12-4-3-10-15-11-12/h3-4,10-11,13-14,16H,2,5-9H2,1H3. The van der Waals surface area contributed by atoms with Crippen LogP contribution in [0.3, 0.4) is 0 Å². The van der Waals surface area contributed by atoms with Gasteiger partial charge < -0.3 is 5.32 Å². The molecule has 2 heteroatoms. The van der Waals surface area contributed by atoms with Crippen LogP contribution in [-0.4, -0.2) is 17.6 Å². The van der Waals surface area contributed by atoms with E-state index in [1.165, 1.54) is 31.2 Å². The van der Waals surface area contributed by atoms with Crippen LogP contribution in [0.25, 0.3) is 0 Å². The molecule has 2 nitrogen and oxygen atoms in total. The molecule has 0 aromatic carbocycles. The summed E-state index contributed by atoms with van der Waals surface area (Å²) in [5.74, 6) is 0.947. The summed E-state index contributed by atoms with van der Waals surface area (Å²) in [6, 6.07) is 4.94. The first-order valence-electron chi connectivity index (χ1n) is 6.52. The van der Waals surface area contributed by atoms with Crippen LogP contribution in [0.1, 0.15) is 38.2 Å². The lowest BCUT2D eigenvalue weighted by Gasteiger charge is -2.17. The number of rotatable bonds is 7. The zero-order chi connectivity index (χ0) is 11.2. The van der Waals surface area contributed by atoms with E-state index in [9.17, 15) is 0 Å². The normalized spacial score (nSPS) is 17.3. The smallest absolute Gasteiger partial charge is 0.0299 e. The molecule has 1 aliphatic carbocycles. The Balaban J connectivity index is 1.77. The first kappa shape index (κ1) is 11.6. The van der Waals surface area contributed by atoms with Crippen LogP contribution in [-0.2, 0) is 6.42 Å². The van der Waals surface area contributed by atoms with E-state index in [4.69, 9.17) is 0 Å². The van der Waals surface area contributed by atoms with Crippen molar-refractivity contribution in [2.75, 3.05) is 6.54 Å². The van der Waals surface area contributed by atoms with Crippen molar-refractivity contribution in [3.05, 3.63) is 30.1 Å². The summed E-state index contributed by atoms with van der Waals surface area (Å²) in [6.45, 7) is 3.40. The molecular weight excluding hydrogens is 196 g/mol. The molecule has 1 N–H and O–H groups in total. The summed E-state index contributed by atoms with van der Waals surface area (Å²) in [5, 5.41) is 3.68. The van der Waals surface area contributed by atoms with Gasteiger partial charge in [-0.15, -0.1) is 0 Å². The summed E-state index contributed by atoms with van der Waals surface area (Å²) >= 11 is 0. The lowest BCUT2D eigenvalue weighted by molar-refractivity contribution is 0.435. The largest absolute Gasteiger partial charge is 0.314 e. The lowest BCUT2D eigenvalue weighted by Crippen LogP contribution is -2.32. The molecule has 1 unspecified atom stereocenters. The average Bonchev–Trinajstić information content (AvgIpc) is 3.15. The minimum atomic E-state index is 0.736. The summed E-state index contributed by atoms with van der Waals surface area (Å²) in [7, 11) is 0. The van der Waals surface area contributed by atoms with Gasteiger partial charge in [-0.05, 0) is 56.2 Å². The van der Waals surface area contributed by atoms with E-state index in [0.29, 0.717) is 0 Å². The maximum Gasteiger partial charge on any atom is 0.0299 e. The van der Waals surface area contributed by atoms with Crippen molar-refractivity contribution < 1.29 is 0 Å². The number of hydrogen-bond donors (Lipinski definition) is 1. The molecule has 1 aromatic heterocycles. The van der Waals surface area contributed by atoms with Crippen molar-refractivity contribution in [2.24, 2.45) is 5.92 Å². The van der Waals surface area contributed by atoms with Crippen LogP contribution < -0.4 is 5.32 Å². The predicted octanol–water partition coefficient (Wildman–Crippen LogP) is 2.79. The summed E-state index contributed by atoms with van der Waals surface area (Å²) < 4.78 is 0. The molecule has 0 spiro atoms. The van der Waals surface area contributed by atoms with E-state index < -0.39 is 0 Å². The molecule has 0 radical (unpaired) electrons. The number of nitrogens with one attached hydrogen (secondary N) is 1. The van der Waals surface area contributed by atoms with Gasteiger partial charge >= 0.3 is 0 Å². The Bertz CT molecular complexity index is 293. The zero-order valence-electron chi connectivity index (χ0n) is 10.2. The molecule has 16 heavy (non-hydrogen) atoms. The molecular formula is C14H22N2. The predicted molar refractivity (Wildman–Crippen MR) is 67.4 cm³/mol. The third kappa shape index (κ3) is 3.60. The number of hydrogen-bond acceptors (Lipinski definition) is 2. The molecule has 1 saturated carbocycles. The second-order valence-corrected chi connectivity index (χ2v) is 4.80. The molecule has 1 fully saturated rings. The van der Waals surface area contributed by atoms with E-state index in [0.717, 1.165) is 24.9 Å². The Morgan fingerprint density at radius 1 is 1.50 bits per heavy atom. The second-order valence-electron chi connectivity index (χ2n) is 4.80. The van der Waals surface area contributed by atoms with Gasteiger partial charge in [0.25, 0.3) is 0 Å². The Hall–Kier alpha value is -0.890. The summed E-state index contributed by atoms with van der Waals surface area (Å²) in [6.07, 6.45) is 10.3. The van der Waals surface area contributed by atoms with E-state index in [1.54, 1.807) is 0 Å². The van der Waals surface area contributed by atoms with Gasteiger partial charge in [0.15, 0.2) is 0 Å². The maximum absolute atomic E-state index is 4.16. The number of pyridine rings is 1. The number of nitrogens with zero attached hydrogens (tertiary/aromatic N) is 1. The van der Waals surface area contributed by atoms with Crippen LogP contribution >= 0.6 is 0 Å². The highest BCUT2D eigenvalue weighted by molar-refractivity contribution is 5.09. The Morgan fingerprint density at radius 2 is 2.38 bits per heavy atom. The fourth-order valence-electron chi connectivity index (χ4n) is 2.20. The first-order chi connectivity index (χ1) is 7.90. The molecule has 1 aliphatic rings. The van der Waals surface area contributed by atoms with Gasteiger partial charge in [0.2, 0.25) is 0 Å². The molecule has 1 atom stereocenters. The van der Waals surface area contributed by atoms with Crippen molar-refractivity contribution in [3.8, 4) is 0 Å². The highest BCUT2D eigenvalue weighted by atomic mass is 14.9. The monoisotopic (exact) mass is 218 g/mol. The van der Waals surface area contributed by atoms with E-state index in [1.807, 2.05) is 18.5 Å². The first-order valence-corrected chi connectivity index (χ1v) is 6.52. The third-order valence-corrected chi connectivity index (χ3v) is 3.31. The quantitative estimate of drug-likeness (QED) is 0.761. The summed E-state index contributed by atoms with van der Waals surface area (Å²) in [4.78, 5) is 4.16.